The summed E-state index contributed by atoms with van der Waals surface area (Å²) in [6, 6.07) is 8.42. The summed E-state index contributed by atoms with van der Waals surface area (Å²) in [5.41, 5.74) is -1.22. The Balaban J connectivity index is 2.50. The standard InChI is InChI=1S/C15H10ClF3N2O2S/c1-9-2-4-12(5-3-9)24(22,23)21-14-10(8-20)6-11(7-13(14)16)15(17,18)19/h2-7,21H,1H3. The van der Waals surface area contributed by atoms with E-state index in [0.717, 1.165) is 5.56 Å². The number of hydrogen-bond donors (Lipinski definition) is 1. The number of sulfonamides is 1. The highest BCUT2D eigenvalue weighted by atomic mass is 35.5. The molecule has 0 fully saturated rings. The number of nitriles is 1. The first kappa shape index (κ1) is 18.1. The molecule has 0 aliphatic heterocycles. The van der Waals surface area contributed by atoms with Gasteiger partial charge in [0.15, 0.2) is 0 Å². The molecule has 0 unspecified atom stereocenters. The number of nitrogens with zero attached hydrogens (tertiary/aromatic N) is 1. The molecule has 0 radical (unpaired) electrons. The van der Waals surface area contributed by atoms with Gasteiger partial charge in [0.25, 0.3) is 10.0 Å². The lowest BCUT2D eigenvalue weighted by molar-refractivity contribution is -0.137. The van der Waals surface area contributed by atoms with Gasteiger partial charge < -0.3 is 0 Å². The lowest BCUT2D eigenvalue weighted by atomic mass is 10.1. The Hall–Kier alpha value is -2.24. The first-order valence-corrected chi connectivity index (χ1v) is 8.31. The van der Waals surface area contributed by atoms with Crippen LogP contribution < -0.4 is 4.72 Å². The van der Waals surface area contributed by atoms with Gasteiger partial charge in [-0.25, -0.2) is 8.42 Å². The molecule has 0 bridgehead atoms. The van der Waals surface area contributed by atoms with Crippen molar-refractivity contribution < 1.29 is 21.6 Å². The third kappa shape index (κ3) is 3.80. The van der Waals surface area contributed by atoms with Crippen LogP contribution in [0.2, 0.25) is 5.02 Å². The average Bonchev–Trinajstić information content (AvgIpc) is 2.48. The molecule has 0 spiro atoms. The minimum atomic E-state index is -4.70. The lowest BCUT2D eigenvalue weighted by Crippen LogP contribution is -2.15. The smallest absolute Gasteiger partial charge is 0.277 e. The van der Waals surface area contributed by atoms with Crippen LogP contribution in [-0.4, -0.2) is 8.42 Å². The van der Waals surface area contributed by atoms with Crippen molar-refractivity contribution in [2.75, 3.05) is 4.72 Å². The quantitative estimate of drug-likeness (QED) is 0.868. The van der Waals surface area contributed by atoms with Crippen molar-refractivity contribution in [1.29, 1.82) is 5.26 Å². The van der Waals surface area contributed by atoms with Gasteiger partial charge in [0, 0.05) is 0 Å². The van der Waals surface area contributed by atoms with Crippen molar-refractivity contribution in [3.63, 3.8) is 0 Å². The summed E-state index contributed by atoms with van der Waals surface area (Å²) >= 11 is 5.76. The number of aryl methyl sites for hydroxylation is 1. The third-order valence-corrected chi connectivity index (χ3v) is 4.77. The molecule has 0 heterocycles. The van der Waals surface area contributed by atoms with Crippen molar-refractivity contribution in [3.05, 3.63) is 58.1 Å². The second-order valence-corrected chi connectivity index (χ2v) is 7.00. The fraction of sp³-hybridized carbons (Fsp3) is 0.133. The molecule has 0 aliphatic rings. The molecule has 0 atom stereocenters. The number of alkyl halides is 3. The van der Waals surface area contributed by atoms with E-state index in [1.165, 1.54) is 18.2 Å². The second-order valence-electron chi connectivity index (χ2n) is 4.91. The van der Waals surface area contributed by atoms with Crippen molar-refractivity contribution >= 4 is 27.3 Å². The molecule has 0 aliphatic carbocycles. The molecule has 126 valence electrons. The second kappa shape index (κ2) is 6.34. The van der Waals surface area contributed by atoms with Crippen LogP contribution in [0.15, 0.2) is 41.3 Å². The molecule has 0 amide bonds. The number of nitrogens with one attached hydrogen (secondary N) is 1. The molecule has 2 aromatic carbocycles. The summed E-state index contributed by atoms with van der Waals surface area (Å²) in [5.74, 6) is 0. The summed E-state index contributed by atoms with van der Waals surface area (Å²) in [6.45, 7) is 1.77. The van der Waals surface area contributed by atoms with E-state index in [1.807, 2.05) is 0 Å². The SMILES string of the molecule is Cc1ccc(S(=O)(=O)Nc2c(Cl)cc(C(F)(F)F)cc2C#N)cc1. The van der Waals surface area contributed by atoms with Gasteiger partial charge in [0.1, 0.15) is 6.07 Å². The van der Waals surface area contributed by atoms with E-state index < -0.39 is 38.0 Å². The van der Waals surface area contributed by atoms with Gasteiger partial charge >= 0.3 is 6.18 Å². The van der Waals surface area contributed by atoms with Crippen LogP contribution in [0.25, 0.3) is 0 Å². The molecule has 0 saturated heterocycles. The molecule has 2 rings (SSSR count). The average molecular weight is 375 g/mol. The normalized spacial score (nSPS) is 11.8. The van der Waals surface area contributed by atoms with Gasteiger partial charge in [-0.3, -0.25) is 4.72 Å². The topological polar surface area (TPSA) is 70.0 Å². The van der Waals surface area contributed by atoms with Gasteiger partial charge in [-0.1, -0.05) is 29.3 Å². The van der Waals surface area contributed by atoms with Crippen molar-refractivity contribution in [1.82, 2.24) is 0 Å². The predicted octanol–water partition coefficient (Wildman–Crippen LogP) is 4.34. The summed E-state index contributed by atoms with van der Waals surface area (Å²) in [4.78, 5) is -0.104. The monoisotopic (exact) mass is 374 g/mol. The summed E-state index contributed by atoms with van der Waals surface area (Å²) in [6.07, 6.45) is -4.70. The summed E-state index contributed by atoms with van der Waals surface area (Å²) in [7, 11) is -4.10. The molecular formula is C15H10ClF3N2O2S. The maximum Gasteiger partial charge on any atom is 0.416 e. The first-order chi connectivity index (χ1) is 11.0. The predicted molar refractivity (Wildman–Crippen MR) is 83.2 cm³/mol. The van der Waals surface area contributed by atoms with Crippen LogP contribution in [0.5, 0.6) is 0 Å². The Morgan fingerprint density at radius 2 is 1.75 bits per heavy atom. The van der Waals surface area contributed by atoms with Gasteiger partial charge in [0.05, 0.1) is 26.7 Å². The fourth-order valence-corrected chi connectivity index (χ4v) is 3.30. The molecule has 1 N–H and O–H groups in total. The van der Waals surface area contributed by atoms with E-state index in [1.54, 1.807) is 19.1 Å². The van der Waals surface area contributed by atoms with E-state index in [0.29, 0.717) is 12.1 Å². The highest BCUT2D eigenvalue weighted by molar-refractivity contribution is 7.92. The van der Waals surface area contributed by atoms with E-state index in [4.69, 9.17) is 16.9 Å². The number of hydrogen-bond acceptors (Lipinski definition) is 3. The van der Waals surface area contributed by atoms with Gasteiger partial charge in [0.2, 0.25) is 0 Å². The summed E-state index contributed by atoms with van der Waals surface area (Å²) < 4.78 is 64.9. The number of halogens is 4. The molecule has 9 heteroatoms. The highest BCUT2D eigenvalue weighted by Gasteiger charge is 2.32. The number of benzene rings is 2. The fourth-order valence-electron chi connectivity index (χ4n) is 1.87. The lowest BCUT2D eigenvalue weighted by Gasteiger charge is -2.14. The zero-order valence-corrected chi connectivity index (χ0v) is 13.7. The van der Waals surface area contributed by atoms with Crippen molar-refractivity contribution in [2.24, 2.45) is 0 Å². The highest BCUT2D eigenvalue weighted by Crippen LogP contribution is 2.36. The van der Waals surface area contributed by atoms with Crippen LogP contribution >= 0.6 is 11.6 Å². The molecule has 0 saturated carbocycles. The van der Waals surface area contributed by atoms with Crippen LogP contribution in [-0.2, 0) is 16.2 Å². The third-order valence-electron chi connectivity index (χ3n) is 3.11. The maximum absolute atomic E-state index is 12.7. The molecule has 0 aromatic heterocycles. The van der Waals surface area contributed by atoms with Gasteiger partial charge in [-0.15, -0.1) is 0 Å². The number of anilines is 1. The van der Waals surface area contributed by atoms with Gasteiger partial charge in [-0.05, 0) is 31.2 Å². The zero-order chi connectivity index (χ0) is 18.1. The van der Waals surface area contributed by atoms with E-state index >= 15 is 0 Å². The Morgan fingerprint density at radius 1 is 1.17 bits per heavy atom. The van der Waals surface area contributed by atoms with Crippen LogP contribution in [0.1, 0.15) is 16.7 Å². The summed E-state index contributed by atoms with van der Waals surface area (Å²) in [5, 5.41) is 8.51. The van der Waals surface area contributed by atoms with Crippen LogP contribution in [0.4, 0.5) is 18.9 Å². The Labute approximate surface area is 141 Å². The van der Waals surface area contributed by atoms with Crippen LogP contribution in [0, 0.1) is 18.3 Å². The zero-order valence-electron chi connectivity index (χ0n) is 12.1. The maximum atomic E-state index is 12.7. The van der Waals surface area contributed by atoms with Crippen LogP contribution in [0.3, 0.4) is 0 Å². The van der Waals surface area contributed by atoms with E-state index in [9.17, 15) is 21.6 Å². The largest absolute Gasteiger partial charge is 0.416 e. The van der Waals surface area contributed by atoms with E-state index in [2.05, 4.69) is 4.72 Å². The number of rotatable bonds is 3. The minimum Gasteiger partial charge on any atom is -0.277 e. The Morgan fingerprint density at radius 3 is 2.25 bits per heavy atom. The first-order valence-electron chi connectivity index (χ1n) is 6.45. The van der Waals surface area contributed by atoms with E-state index in [-0.39, 0.29) is 4.90 Å². The molecule has 4 nitrogen and oxygen atoms in total. The van der Waals surface area contributed by atoms with Crippen molar-refractivity contribution in [2.45, 2.75) is 18.0 Å². The van der Waals surface area contributed by atoms with Gasteiger partial charge in [-0.2, -0.15) is 18.4 Å². The Bertz CT molecular complexity index is 917. The molecule has 2 aromatic rings. The van der Waals surface area contributed by atoms with Crippen molar-refractivity contribution in [3.8, 4) is 6.07 Å². The Kier molecular flexibility index (Phi) is 4.78. The molecular weight excluding hydrogens is 365 g/mol. The minimum absolute atomic E-state index is 0.104. The molecule has 24 heavy (non-hydrogen) atoms.